The maximum atomic E-state index is 12.7. The van der Waals surface area contributed by atoms with Crippen LogP contribution in [0, 0.1) is 0 Å². The van der Waals surface area contributed by atoms with Gasteiger partial charge in [0.2, 0.25) is 5.91 Å². The number of anilines is 1. The first-order chi connectivity index (χ1) is 15.0. The van der Waals surface area contributed by atoms with Crippen molar-refractivity contribution in [3.05, 3.63) is 71.1 Å². The Morgan fingerprint density at radius 2 is 1.87 bits per heavy atom. The van der Waals surface area contributed by atoms with Crippen molar-refractivity contribution in [2.45, 2.75) is 13.0 Å². The van der Waals surface area contributed by atoms with Crippen LogP contribution in [-0.4, -0.2) is 65.4 Å². The molecule has 162 valence electrons. The van der Waals surface area contributed by atoms with Crippen molar-refractivity contribution in [2.75, 3.05) is 45.2 Å². The molecule has 1 aromatic carbocycles. The van der Waals surface area contributed by atoms with Gasteiger partial charge in [-0.3, -0.25) is 9.69 Å². The molecule has 6 nitrogen and oxygen atoms in total. The van der Waals surface area contributed by atoms with E-state index < -0.39 is 0 Å². The van der Waals surface area contributed by atoms with E-state index in [1.54, 1.807) is 6.08 Å². The molecular weight excluding hydrogens is 410 g/mol. The molecule has 0 spiro atoms. The molecule has 2 aromatic heterocycles. The molecule has 1 aliphatic heterocycles. The standard InChI is InChI=1S/C24H28ClN5O/c1-27(2)22-8-4-19(5-9-22)6-11-24(31)29-13-3-12-28(14-15-29)17-21-18-30-16-20(25)7-10-23(30)26-21/h4-11,16,18H,3,12-15,17H2,1-2H3. The van der Waals surface area contributed by atoms with Crippen molar-refractivity contribution in [1.82, 2.24) is 19.2 Å². The lowest BCUT2D eigenvalue weighted by Crippen LogP contribution is -2.34. The highest BCUT2D eigenvalue weighted by atomic mass is 35.5. The Bertz CT molecular complexity index is 1070. The Kier molecular flexibility index (Phi) is 6.59. The van der Waals surface area contributed by atoms with Crippen molar-refractivity contribution >= 4 is 34.9 Å². The number of nitrogens with zero attached hydrogens (tertiary/aromatic N) is 5. The largest absolute Gasteiger partial charge is 0.378 e. The first-order valence-corrected chi connectivity index (χ1v) is 11.0. The molecule has 0 N–H and O–H groups in total. The molecule has 0 unspecified atom stereocenters. The number of imidazole rings is 1. The number of hydrogen-bond acceptors (Lipinski definition) is 4. The van der Waals surface area contributed by atoms with Crippen LogP contribution in [0.5, 0.6) is 0 Å². The molecule has 4 rings (SSSR count). The third kappa shape index (κ3) is 5.46. The van der Waals surface area contributed by atoms with E-state index in [0.717, 1.165) is 61.7 Å². The summed E-state index contributed by atoms with van der Waals surface area (Å²) < 4.78 is 1.96. The Balaban J connectivity index is 1.32. The first-order valence-electron chi connectivity index (χ1n) is 10.6. The second-order valence-corrected chi connectivity index (χ2v) is 8.56. The van der Waals surface area contributed by atoms with Crippen molar-refractivity contribution in [1.29, 1.82) is 0 Å². The normalized spacial score (nSPS) is 15.5. The summed E-state index contributed by atoms with van der Waals surface area (Å²) in [5.41, 5.74) is 4.09. The maximum absolute atomic E-state index is 12.7. The Labute approximate surface area is 188 Å². The molecule has 31 heavy (non-hydrogen) atoms. The predicted molar refractivity (Wildman–Crippen MR) is 126 cm³/mol. The molecule has 1 aliphatic rings. The van der Waals surface area contributed by atoms with E-state index in [2.05, 4.69) is 26.9 Å². The minimum absolute atomic E-state index is 0.0703. The molecule has 3 heterocycles. The molecule has 0 saturated carbocycles. The first kappa shape index (κ1) is 21.4. The predicted octanol–water partition coefficient (Wildman–Crippen LogP) is 3.80. The fraction of sp³-hybridized carbons (Fsp3) is 0.333. The minimum atomic E-state index is 0.0703. The highest BCUT2D eigenvalue weighted by Crippen LogP contribution is 2.15. The number of hydrogen-bond donors (Lipinski definition) is 0. The van der Waals surface area contributed by atoms with Crippen LogP contribution in [0.3, 0.4) is 0 Å². The number of pyridine rings is 1. The molecule has 0 radical (unpaired) electrons. The van der Waals surface area contributed by atoms with Crippen molar-refractivity contribution < 1.29 is 4.79 Å². The van der Waals surface area contributed by atoms with Gasteiger partial charge in [-0.2, -0.15) is 0 Å². The number of halogens is 1. The number of amides is 1. The van der Waals surface area contributed by atoms with E-state index in [0.29, 0.717) is 5.02 Å². The van der Waals surface area contributed by atoms with E-state index in [-0.39, 0.29) is 5.91 Å². The average molecular weight is 438 g/mol. The molecular formula is C24H28ClN5O. The Morgan fingerprint density at radius 3 is 2.65 bits per heavy atom. The van der Waals surface area contributed by atoms with Gasteiger partial charge < -0.3 is 14.2 Å². The summed E-state index contributed by atoms with van der Waals surface area (Å²) in [5.74, 6) is 0.0703. The molecule has 7 heteroatoms. The van der Waals surface area contributed by atoms with Crippen LogP contribution in [0.25, 0.3) is 11.7 Å². The van der Waals surface area contributed by atoms with E-state index in [9.17, 15) is 4.79 Å². The van der Waals surface area contributed by atoms with Gasteiger partial charge in [-0.1, -0.05) is 23.7 Å². The van der Waals surface area contributed by atoms with Crippen LogP contribution in [0.15, 0.2) is 54.9 Å². The highest BCUT2D eigenvalue weighted by molar-refractivity contribution is 6.30. The molecule has 0 aliphatic carbocycles. The quantitative estimate of drug-likeness (QED) is 0.569. The monoisotopic (exact) mass is 437 g/mol. The van der Waals surface area contributed by atoms with Crippen LogP contribution >= 0.6 is 11.6 Å². The van der Waals surface area contributed by atoms with Gasteiger partial charge in [0, 0.05) is 71.0 Å². The van der Waals surface area contributed by atoms with Gasteiger partial charge in [-0.05, 0) is 42.3 Å². The van der Waals surface area contributed by atoms with Gasteiger partial charge in [0.15, 0.2) is 0 Å². The van der Waals surface area contributed by atoms with Crippen LogP contribution < -0.4 is 4.90 Å². The fourth-order valence-corrected chi connectivity index (χ4v) is 4.00. The molecule has 0 bridgehead atoms. The second-order valence-electron chi connectivity index (χ2n) is 8.12. The van der Waals surface area contributed by atoms with Gasteiger partial charge in [-0.15, -0.1) is 0 Å². The fourth-order valence-electron chi connectivity index (χ4n) is 3.83. The van der Waals surface area contributed by atoms with E-state index in [1.165, 1.54) is 0 Å². The van der Waals surface area contributed by atoms with E-state index in [1.807, 2.05) is 66.1 Å². The summed E-state index contributed by atoms with van der Waals surface area (Å²) in [6, 6.07) is 12.0. The highest BCUT2D eigenvalue weighted by Gasteiger charge is 2.18. The zero-order chi connectivity index (χ0) is 21.8. The summed E-state index contributed by atoms with van der Waals surface area (Å²) in [5, 5.41) is 0.696. The molecule has 1 amide bonds. The van der Waals surface area contributed by atoms with E-state index >= 15 is 0 Å². The molecule has 0 atom stereocenters. The summed E-state index contributed by atoms with van der Waals surface area (Å²) in [6.45, 7) is 4.07. The minimum Gasteiger partial charge on any atom is -0.378 e. The lowest BCUT2D eigenvalue weighted by molar-refractivity contribution is -0.125. The number of aromatic nitrogens is 2. The van der Waals surface area contributed by atoms with Crippen LogP contribution in [0.4, 0.5) is 5.69 Å². The van der Waals surface area contributed by atoms with Gasteiger partial charge >= 0.3 is 0 Å². The van der Waals surface area contributed by atoms with Gasteiger partial charge in [0.05, 0.1) is 10.7 Å². The Morgan fingerprint density at radius 1 is 1.06 bits per heavy atom. The van der Waals surface area contributed by atoms with Gasteiger partial charge in [0.25, 0.3) is 0 Å². The van der Waals surface area contributed by atoms with Crippen LogP contribution in [-0.2, 0) is 11.3 Å². The SMILES string of the molecule is CN(C)c1ccc(C=CC(=O)N2CCCN(Cc3cn4cc(Cl)ccc4n3)CC2)cc1. The van der Waals surface area contributed by atoms with Gasteiger partial charge in [-0.25, -0.2) is 4.98 Å². The number of benzene rings is 1. The third-order valence-electron chi connectivity index (χ3n) is 5.58. The lowest BCUT2D eigenvalue weighted by Gasteiger charge is -2.20. The summed E-state index contributed by atoms with van der Waals surface area (Å²) in [4.78, 5) is 23.7. The Hall–Kier alpha value is -2.83. The number of fused-ring (bicyclic) bond motifs is 1. The van der Waals surface area contributed by atoms with Gasteiger partial charge in [0.1, 0.15) is 5.65 Å². The van der Waals surface area contributed by atoms with E-state index in [4.69, 9.17) is 11.6 Å². The van der Waals surface area contributed by atoms with Crippen molar-refractivity contribution in [3.63, 3.8) is 0 Å². The van der Waals surface area contributed by atoms with Crippen LogP contribution in [0.2, 0.25) is 5.02 Å². The second kappa shape index (κ2) is 9.54. The van der Waals surface area contributed by atoms with Crippen LogP contribution in [0.1, 0.15) is 17.7 Å². The zero-order valence-corrected chi connectivity index (χ0v) is 18.8. The topological polar surface area (TPSA) is 44.1 Å². The number of rotatable bonds is 5. The number of carbonyl (C=O) groups is 1. The zero-order valence-electron chi connectivity index (χ0n) is 18.0. The summed E-state index contributed by atoms with van der Waals surface area (Å²) in [7, 11) is 4.03. The molecule has 3 aromatic rings. The average Bonchev–Trinajstić information content (AvgIpc) is 3.00. The smallest absolute Gasteiger partial charge is 0.246 e. The van der Waals surface area contributed by atoms with Crippen molar-refractivity contribution in [3.8, 4) is 0 Å². The summed E-state index contributed by atoms with van der Waals surface area (Å²) in [6.07, 6.45) is 8.44. The van der Waals surface area contributed by atoms with Crippen molar-refractivity contribution in [2.24, 2.45) is 0 Å². The summed E-state index contributed by atoms with van der Waals surface area (Å²) >= 11 is 6.07. The third-order valence-corrected chi connectivity index (χ3v) is 5.80. The lowest BCUT2D eigenvalue weighted by atomic mass is 10.2. The number of carbonyl (C=O) groups excluding carboxylic acids is 1. The molecule has 1 saturated heterocycles. The molecule has 1 fully saturated rings. The maximum Gasteiger partial charge on any atom is 0.246 e.